The third-order valence-electron chi connectivity index (χ3n) is 3.60. The fourth-order valence-corrected chi connectivity index (χ4v) is 2.34. The maximum Gasteiger partial charge on any atom is 0.336 e. The van der Waals surface area contributed by atoms with Crippen molar-refractivity contribution in [3.8, 4) is 0 Å². The van der Waals surface area contributed by atoms with E-state index in [9.17, 15) is 14.9 Å². The minimum atomic E-state index is -0.772. The minimum absolute atomic E-state index is 0.0369. The summed E-state index contributed by atoms with van der Waals surface area (Å²) < 4.78 is 16.1. The molecule has 7 nitrogen and oxygen atoms in total. The van der Waals surface area contributed by atoms with Gasteiger partial charge in [-0.3, -0.25) is 10.1 Å². The number of nitro groups is 1. The molecule has 0 bridgehead atoms. The highest BCUT2D eigenvalue weighted by Gasteiger charge is 2.27. The molecule has 7 heteroatoms. The van der Waals surface area contributed by atoms with Gasteiger partial charge in [-0.2, -0.15) is 0 Å². The number of methoxy groups -OCH3 is 1. The van der Waals surface area contributed by atoms with Crippen molar-refractivity contribution in [2.75, 3.05) is 13.7 Å². The van der Waals surface area contributed by atoms with Crippen LogP contribution in [0.1, 0.15) is 30.9 Å². The van der Waals surface area contributed by atoms with Gasteiger partial charge in [0.25, 0.3) is 5.69 Å². The second kappa shape index (κ2) is 7.85. The van der Waals surface area contributed by atoms with E-state index < -0.39 is 23.3 Å². The highest BCUT2D eigenvalue weighted by atomic mass is 16.7. The summed E-state index contributed by atoms with van der Waals surface area (Å²) in [4.78, 5) is 22.1. The summed E-state index contributed by atoms with van der Waals surface area (Å²) in [5.74, 6) is -0.593. The first-order valence-corrected chi connectivity index (χ1v) is 7.31. The minimum Gasteiger partial charge on any atom is -0.466 e. The summed E-state index contributed by atoms with van der Waals surface area (Å²) >= 11 is 0. The molecule has 23 heavy (non-hydrogen) atoms. The molecule has 1 fully saturated rings. The van der Waals surface area contributed by atoms with Gasteiger partial charge >= 0.3 is 5.97 Å². The Bertz CT molecular complexity index is 577. The molecular formula is C16H19NO6. The van der Waals surface area contributed by atoms with E-state index >= 15 is 0 Å². The van der Waals surface area contributed by atoms with Crippen molar-refractivity contribution in [2.45, 2.75) is 31.7 Å². The fraction of sp³-hybridized carbons (Fsp3) is 0.438. The molecule has 1 aromatic carbocycles. The number of esters is 1. The smallest absolute Gasteiger partial charge is 0.336 e. The number of hydrogen-bond acceptors (Lipinski definition) is 6. The predicted octanol–water partition coefficient (Wildman–Crippen LogP) is 2.91. The van der Waals surface area contributed by atoms with E-state index in [4.69, 9.17) is 14.2 Å². The molecule has 1 aromatic rings. The van der Waals surface area contributed by atoms with Crippen LogP contribution in [0.15, 0.2) is 36.4 Å². The topological polar surface area (TPSA) is 87.9 Å². The zero-order chi connectivity index (χ0) is 16.8. The van der Waals surface area contributed by atoms with Crippen molar-refractivity contribution in [3.05, 3.63) is 52.1 Å². The van der Waals surface area contributed by atoms with Crippen LogP contribution >= 0.6 is 0 Å². The molecule has 1 aliphatic rings. The number of rotatable bonds is 6. The molecule has 2 atom stereocenters. The highest BCUT2D eigenvalue weighted by molar-refractivity contribution is 5.89. The summed E-state index contributed by atoms with van der Waals surface area (Å²) in [6, 6.07) is 5.80. The van der Waals surface area contributed by atoms with E-state index in [1.807, 2.05) is 0 Å². The lowest BCUT2D eigenvalue weighted by Crippen LogP contribution is -2.26. The van der Waals surface area contributed by atoms with Gasteiger partial charge in [0.2, 0.25) is 0 Å². The molecule has 1 aliphatic heterocycles. The first-order valence-electron chi connectivity index (χ1n) is 7.31. The Morgan fingerprint density at radius 2 is 2.09 bits per heavy atom. The summed E-state index contributed by atoms with van der Waals surface area (Å²) in [5.41, 5.74) is 0.667. The van der Waals surface area contributed by atoms with Crippen LogP contribution in [-0.4, -0.2) is 30.9 Å². The molecule has 1 saturated heterocycles. The van der Waals surface area contributed by atoms with E-state index in [2.05, 4.69) is 6.58 Å². The Kier molecular flexibility index (Phi) is 5.84. The van der Waals surface area contributed by atoms with Gasteiger partial charge in [-0.1, -0.05) is 6.58 Å². The van der Waals surface area contributed by atoms with Gasteiger partial charge < -0.3 is 14.2 Å². The zero-order valence-corrected chi connectivity index (χ0v) is 12.9. The van der Waals surface area contributed by atoms with Crippen LogP contribution in [0.25, 0.3) is 0 Å². The molecular weight excluding hydrogens is 302 g/mol. The van der Waals surface area contributed by atoms with Gasteiger partial charge in [-0.25, -0.2) is 4.79 Å². The molecule has 0 saturated carbocycles. The Morgan fingerprint density at radius 3 is 2.61 bits per heavy atom. The Morgan fingerprint density at radius 1 is 1.39 bits per heavy atom. The van der Waals surface area contributed by atoms with E-state index in [-0.39, 0.29) is 11.3 Å². The van der Waals surface area contributed by atoms with Crippen molar-refractivity contribution in [2.24, 2.45) is 0 Å². The van der Waals surface area contributed by atoms with Crippen molar-refractivity contribution >= 4 is 11.7 Å². The fourth-order valence-electron chi connectivity index (χ4n) is 2.34. The van der Waals surface area contributed by atoms with Gasteiger partial charge in [0.15, 0.2) is 6.29 Å². The maximum absolute atomic E-state index is 11.8. The number of ether oxygens (including phenoxy) is 3. The molecule has 2 rings (SSSR count). The molecule has 0 spiro atoms. The lowest BCUT2D eigenvalue weighted by Gasteiger charge is -2.28. The number of hydrogen-bond donors (Lipinski definition) is 0. The largest absolute Gasteiger partial charge is 0.466 e. The molecule has 2 unspecified atom stereocenters. The number of benzene rings is 1. The summed E-state index contributed by atoms with van der Waals surface area (Å²) in [6.45, 7) is 4.34. The monoisotopic (exact) mass is 321 g/mol. The number of carbonyl (C=O) groups is 1. The van der Waals surface area contributed by atoms with Crippen LogP contribution < -0.4 is 0 Å². The lowest BCUT2D eigenvalue weighted by molar-refractivity contribution is -0.384. The zero-order valence-electron chi connectivity index (χ0n) is 12.9. The maximum atomic E-state index is 11.8. The molecule has 124 valence electrons. The van der Waals surface area contributed by atoms with Gasteiger partial charge in [0, 0.05) is 18.7 Å². The van der Waals surface area contributed by atoms with Crippen LogP contribution in [0, 0.1) is 10.1 Å². The highest BCUT2D eigenvalue weighted by Crippen LogP contribution is 2.30. The second-order valence-electron chi connectivity index (χ2n) is 5.18. The standard InChI is InChI=1S/C16H19NO6/c1-11(16(18)21-2)15(23-14-5-3-4-10-22-14)12-6-8-13(9-7-12)17(19)20/h6-9,14-15H,1,3-5,10H2,2H3. The van der Waals surface area contributed by atoms with Crippen LogP contribution in [0.2, 0.25) is 0 Å². The Hall–Kier alpha value is -2.25. The van der Waals surface area contributed by atoms with Crippen molar-refractivity contribution in [3.63, 3.8) is 0 Å². The summed E-state index contributed by atoms with van der Waals surface area (Å²) in [6.07, 6.45) is 1.46. The van der Waals surface area contributed by atoms with Crippen LogP contribution in [0.4, 0.5) is 5.69 Å². The first kappa shape index (κ1) is 17.1. The Balaban J connectivity index is 2.22. The first-order chi connectivity index (χ1) is 11.0. The van der Waals surface area contributed by atoms with E-state index in [1.54, 1.807) is 12.1 Å². The molecule has 0 radical (unpaired) electrons. The van der Waals surface area contributed by atoms with Crippen LogP contribution in [0.5, 0.6) is 0 Å². The van der Waals surface area contributed by atoms with E-state index in [0.29, 0.717) is 12.2 Å². The molecule has 0 aliphatic carbocycles. The average molecular weight is 321 g/mol. The van der Waals surface area contributed by atoms with E-state index in [0.717, 1.165) is 19.3 Å². The van der Waals surface area contributed by atoms with Gasteiger partial charge in [0.1, 0.15) is 6.10 Å². The summed E-state index contributed by atoms with van der Waals surface area (Å²) in [7, 11) is 1.26. The number of non-ortho nitro benzene ring substituents is 1. The second-order valence-corrected chi connectivity index (χ2v) is 5.18. The predicted molar refractivity (Wildman–Crippen MR) is 81.7 cm³/mol. The number of nitro benzene ring substituents is 1. The third kappa shape index (κ3) is 4.37. The molecule has 0 aromatic heterocycles. The Labute approximate surface area is 134 Å². The van der Waals surface area contributed by atoms with Crippen LogP contribution in [-0.2, 0) is 19.0 Å². The molecule has 0 N–H and O–H groups in total. The molecule has 1 heterocycles. The average Bonchev–Trinajstić information content (AvgIpc) is 2.59. The molecule has 0 amide bonds. The number of nitrogens with zero attached hydrogens (tertiary/aromatic N) is 1. The summed E-state index contributed by atoms with van der Waals surface area (Å²) in [5, 5.41) is 10.8. The van der Waals surface area contributed by atoms with Crippen molar-refractivity contribution < 1.29 is 23.9 Å². The van der Waals surface area contributed by atoms with E-state index in [1.165, 1.54) is 19.2 Å². The lowest BCUT2D eigenvalue weighted by atomic mass is 10.0. The van der Waals surface area contributed by atoms with Crippen LogP contribution in [0.3, 0.4) is 0 Å². The quantitative estimate of drug-likeness (QED) is 0.346. The SMILES string of the molecule is C=C(C(=O)OC)C(OC1CCCCO1)c1ccc([N+](=O)[O-])cc1. The van der Waals surface area contributed by atoms with Gasteiger partial charge in [-0.15, -0.1) is 0 Å². The number of carbonyl (C=O) groups excluding carboxylic acids is 1. The van der Waals surface area contributed by atoms with Gasteiger partial charge in [-0.05, 0) is 37.0 Å². The van der Waals surface area contributed by atoms with Crippen molar-refractivity contribution in [1.82, 2.24) is 0 Å². The normalized spacial score (nSPS) is 18.9. The van der Waals surface area contributed by atoms with Gasteiger partial charge in [0.05, 0.1) is 17.6 Å². The third-order valence-corrected chi connectivity index (χ3v) is 3.60. The van der Waals surface area contributed by atoms with Crippen molar-refractivity contribution in [1.29, 1.82) is 0 Å².